The summed E-state index contributed by atoms with van der Waals surface area (Å²) in [6, 6.07) is 0.209. The van der Waals surface area contributed by atoms with Crippen molar-refractivity contribution in [2.45, 2.75) is 95.9 Å². The Kier molecular flexibility index (Phi) is 7.31. The Morgan fingerprint density at radius 1 is 0.806 bits per heavy atom. The van der Waals surface area contributed by atoms with Crippen molar-refractivity contribution in [3.8, 4) is 0 Å². The minimum Gasteiger partial charge on any atom is -0.481 e. The molecule has 3 aliphatic rings. The van der Waals surface area contributed by atoms with Gasteiger partial charge in [0, 0.05) is 10.9 Å². The molecule has 1 aromatic rings. The summed E-state index contributed by atoms with van der Waals surface area (Å²) in [5, 5.41) is 16.4. The number of anilines is 1. The first kappa shape index (κ1) is 22.3. The fourth-order valence-electron chi connectivity index (χ4n) is 5.52. The first-order valence-electron chi connectivity index (χ1n) is 12.0. The highest BCUT2D eigenvalue weighted by molar-refractivity contribution is 7.17. The lowest BCUT2D eigenvalue weighted by Crippen LogP contribution is -2.38. The minimum atomic E-state index is -0.892. The number of nitrogens with one attached hydrogen (secondary N) is 2. The molecule has 1 heterocycles. The highest BCUT2D eigenvalue weighted by atomic mass is 32.1. The van der Waals surface area contributed by atoms with Crippen molar-refractivity contribution in [2.75, 3.05) is 5.32 Å². The molecule has 31 heavy (non-hydrogen) atoms. The van der Waals surface area contributed by atoms with E-state index < -0.39 is 17.8 Å². The number of hydrogen-bond donors (Lipinski definition) is 3. The molecule has 0 saturated heterocycles. The van der Waals surface area contributed by atoms with Crippen LogP contribution in [0.1, 0.15) is 97.8 Å². The molecule has 0 aliphatic heterocycles. The van der Waals surface area contributed by atoms with E-state index in [0.29, 0.717) is 23.4 Å². The van der Waals surface area contributed by atoms with E-state index in [-0.39, 0.29) is 17.9 Å². The maximum atomic E-state index is 13.4. The zero-order chi connectivity index (χ0) is 21.8. The Bertz CT molecular complexity index is 828. The first-order valence-corrected chi connectivity index (χ1v) is 12.9. The molecule has 0 spiro atoms. The van der Waals surface area contributed by atoms with Crippen molar-refractivity contribution in [3.05, 3.63) is 16.0 Å². The van der Waals surface area contributed by atoms with Gasteiger partial charge in [0.2, 0.25) is 5.91 Å². The lowest BCUT2D eigenvalue weighted by Gasteiger charge is -2.27. The number of amides is 2. The van der Waals surface area contributed by atoms with Crippen molar-refractivity contribution in [1.82, 2.24) is 5.32 Å². The van der Waals surface area contributed by atoms with Gasteiger partial charge in [0.15, 0.2) is 0 Å². The molecule has 6 nitrogen and oxygen atoms in total. The second-order valence-electron chi connectivity index (χ2n) is 9.40. The Labute approximate surface area is 188 Å². The molecule has 0 aromatic carbocycles. The molecule has 2 amide bonds. The van der Waals surface area contributed by atoms with E-state index in [1.807, 2.05) is 0 Å². The minimum absolute atomic E-state index is 0.0694. The molecule has 3 N–H and O–H groups in total. The molecular formula is C24H34N2O4S. The average Bonchev–Trinajstić information content (AvgIpc) is 2.94. The van der Waals surface area contributed by atoms with Crippen LogP contribution >= 0.6 is 11.3 Å². The third-order valence-electron chi connectivity index (χ3n) is 7.25. The third kappa shape index (κ3) is 5.13. The predicted octanol–water partition coefficient (Wildman–Crippen LogP) is 4.91. The number of carbonyl (C=O) groups excluding carboxylic acids is 2. The Hall–Kier alpha value is -1.89. The molecule has 2 atom stereocenters. The van der Waals surface area contributed by atoms with E-state index in [0.717, 1.165) is 76.2 Å². The van der Waals surface area contributed by atoms with E-state index in [9.17, 15) is 19.5 Å². The monoisotopic (exact) mass is 446 g/mol. The number of rotatable bonds is 5. The van der Waals surface area contributed by atoms with E-state index in [1.165, 1.54) is 22.6 Å². The molecule has 7 heteroatoms. The predicted molar refractivity (Wildman–Crippen MR) is 122 cm³/mol. The zero-order valence-corrected chi connectivity index (χ0v) is 19.0. The molecule has 2 fully saturated rings. The summed E-state index contributed by atoms with van der Waals surface area (Å²) in [4.78, 5) is 39.4. The van der Waals surface area contributed by atoms with Gasteiger partial charge in [-0.2, -0.15) is 0 Å². The Morgan fingerprint density at radius 3 is 2.19 bits per heavy atom. The number of carboxylic acid groups (broad SMARTS) is 1. The van der Waals surface area contributed by atoms with E-state index >= 15 is 0 Å². The zero-order valence-electron chi connectivity index (χ0n) is 18.2. The number of carbonyl (C=O) groups is 3. The molecule has 4 rings (SSSR count). The van der Waals surface area contributed by atoms with E-state index in [1.54, 1.807) is 0 Å². The summed E-state index contributed by atoms with van der Waals surface area (Å²) >= 11 is 1.53. The lowest BCUT2D eigenvalue weighted by atomic mass is 9.78. The van der Waals surface area contributed by atoms with Crippen LogP contribution in [0.4, 0.5) is 5.00 Å². The van der Waals surface area contributed by atoms with Gasteiger partial charge in [0.05, 0.1) is 17.4 Å². The molecular weight excluding hydrogens is 412 g/mol. The van der Waals surface area contributed by atoms with Gasteiger partial charge in [-0.15, -0.1) is 11.3 Å². The van der Waals surface area contributed by atoms with Gasteiger partial charge in [0.1, 0.15) is 5.00 Å². The van der Waals surface area contributed by atoms with Crippen molar-refractivity contribution in [2.24, 2.45) is 11.8 Å². The quantitative estimate of drug-likeness (QED) is 0.560. The average molecular weight is 447 g/mol. The molecule has 0 unspecified atom stereocenters. The number of hydrogen-bond acceptors (Lipinski definition) is 4. The van der Waals surface area contributed by atoms with Gasteiger partial charge < -0.3 is 15.7 Å². The first-order chi connectivity index (χ1) is 15.0. The summed E-state index contributed by atoms with van der Waals surface area (Å²) in [6.07, 6.45) is 13.6. The summed E-state index contributed by atoms with van der Waals surface area (Å²) < 4.78 is 0. The normalized spacial score (nSPS) is 24.6. The SMILES string of the molecule is O=C(NC1CCCCC1)c1c(NC(=O)[C@H]2CCCC[C@H]2C(=O)O)sc2c1CCCCC2. The van der Waals surface area contributed by atoms with Gasteiger partial charge in [-0.05, 0) is 56.9 Å². The summed E-state index contributed by atoms with van der Waals surface area (Å²) in [5.41, 5.74) is 1.74. The number of fused-ring (bicyclic) bond motifs is 1. The van der Waals surface area contributed by atoms with Crippen LogP contribution in [0.5, 0.6) is 0 Å². The maximum Gasteiger partial charge on any atom is 0.307 e. The Balaban J connectivity index is 1.58. The number of carboxylic acids is 1. The van der Waals surface area contributed by atoms with Gasteiger partial charge in [-0.3, -0.25) is 14.4 Å². The summed E-state index contributed by atoms with van der Waals surface area (Å²) in [7, 11) is 0. The van der Waals surface area contributed by atoms with Crippen LogP contribution in [-0.4, -0.2) is 28.9 Å². The van der Waals surface area contributed by atoms with Crippen LogP contribution in [-0.2, 0) is 22.4 Å². The smallest absolute Gasteiger partial charge is 0.307 e. The molecule has 3 aliphatic carbocycles. The fraction of sp³-hybridized carbons (Fsp3) is 0.708. The van der Waals surface area contributed by atoms with Crippen LogP contribution < -0.4 is 10.6 Å². The molecule has 0 radical (unpaired) electrons. The van der Waals surface area contributed by atoms with Crippen LogP contribution in [0.25, 0.3) is 0 Å². The molecule has 1 aromatic heterocycles. The van der Waals surface area contributed by atoms with Crippen LogP contribution in [0, 0.1) is 11.8 Å². The number of aliphatic carboxylic acids is 1. The van der Waals surface area contributed by atoms with Crippen molar-refractivity contribution in [3.63, 3.8) is 0 Å². The lowest BCUT2D eigenvalue weighted by molar-refractivity contribution is -0.147. The standard InChI is InChI=1S/C24H34N2O4S/c27-21(16-11-7-8-12-17(16)24(29)30)26-23-20(18-13-5-2-6-14-19(18)31-23)22(28)25-15-9-3-1-4-10-15/h15-17H,1-14H2,(H,25,28)(H,26,27)(H,29,30)/t16-,17+/m0/s1. The van der Waals surface area contributed by atoms with Crippen molar-refractivity contribution >= 4 is 34.1 Å². The van der Waals surface area contributed by atoms with Gasteiger partial charge in [-0.25, -0.2) is 0 Å². The number of aryl methyl sites for hydroxylation is 1. The maximum absolute atomic E-state index is 13.4. The molecule has 170 valence electrons. The highest BCUT2D eigenvalue weighted by Gasteiger charge is 2.37. The van der Waals surface area contributed by atoms with Crippen LogP contribution in [0.2, 0.25) is 0 Å². The summed E-state index contributed by atoms with van der Waals surface area (Å²) in [6.45, 7) is 0. The van der Waals surface area contributed by atoms with Crippen LogP contribution in [0.15, 0.2) is 0 Å². The second kappa shape index (κ2) is 10.2. The highest BCUT2D eigenvalue weighted by Crippen LogP contribution is 2.39. The molecule has 2 saturated carbocycles. The molecule has 0 bridgehead atoms. The fourth-order valence-corrected chi connectivity index (χ4v) is 6.81. The van der Waals surface area contributed by atoms with Crippen molar-refractivity contribution < 1.29 is 19.5 Å². The summed E-state index contributed by atoms with van der Waals surface area (Å²) in [5.74, 6) is -2.36. The van der Waals surface area contributed by atoms with Gasteiger partial charge in [0.25, 0.3) is 5.91 Å². The van der Waals surface area contributed by atoms with E-state index in [2.05, 4.69) is 10.6 Å². The van der Waals surface area contributed by atoms with Gasteiger partial charge >= 0.3 is 5.97 Å². The topological polar surface area (TPSA) is 95.5 Å². The van der Waals surface area contributed by atoms with Crippen molar-refractivity contribution in [1.29, 1.82) is 0 Å². The number of thiophene rings is 1. The third-order valence-corrected chi connectivity index (χ3v) is 8.45. The Morgan fingerprint density at radius 2 is 1.45 bits per heavy atom. The second-order valence-corrected chi connectivity index (χ2v) is 10.5. The van der Waals surface area contributed by atoms with Gasteiger partial charge in [-0.1, -0.05) is 38.5 Å². The largest absolute Gasteiger partial charge is 0.481 e. The van der Waals surface area contributed by atoms with Crippen LogP contribution in [0.3, 0.4) is 0 Å². The van der Waals surface area contributed by atoms with E-state index in [4.69, 9.17) is 0 Å².